The van der Waals surface area contributed by atoms with Crippen LogP contribution in [0.1, 0.15) is 52.0 Å². The van der Waals surface area contributed by atoms with E-state index < -0.39 is 5.54 Å². The van der Waals surface area contributed by atoms with E-state index in [2.05, 4.69) is 4.99 Å². The summed E-state index contributed by atoms with van der Waals surface area (Å²) < 4.78 is 19.8. The maximum atomic E-state index is 14.5. The molecule has 7 heteroatoms. The van der Waals surface area contributed by atoms with Gasteiger partial charge in [-0.1, -0.05) is 17.8 Å². The highest BCUT2D eigenvalue weighted by atomic mass is 32.2. The number of ether oxygens (including phenoxy) is 1. The third kappa shape index (κ3) is 4.42. The average Bonchev–Trinajstić information content (AvgIpc) is 3.12. The number of aliphatic imine (C=N–C) groups is 1. The summed E-state index contributed by atoms with van der Waals surface area (Å²) in [6, 6.07) is 8.58. The molecule has 0 amide bonds. The van der Waals surface area contributed by atoms with Crippen molar-refractivity contribution in [2.24, 2.45) is 10.7 Å². The third-order valence-corrected chi connectivity index (χ3v) is 6.91. The molecule has 1 unspecified atom stereocenters. The smallest absolute Gasteiger partial charge is 0.177 e. The van der Waals surface area contributed by atoms with E-state index in [0.29, 0.717) is 22.0 Å². The highest BCUT2D eigenvalue weighted by Crippen LogP contribution is 2.37. The minimum atomic E-state index is -0.692. The monoisotopic (exact) mass is 406 g/mol. The van der Waals surface area contributed by atoms with Gasteiger partial charge in [-0.15, -0.1) is 11.3 Å². The number of benzene rings is 1. The molecule has 2 atom stereocenters. The van der Waals surface area contributed by atoms with Crippen LogP contribution in [0.15, 0.2) is 35.3 Å². The van der Waals surface area contributed by atoms with E-state index in [1.165, 1.54) is 29.2 Å². The number of halogens is 1. The van der Waals surface area contributed by atoms with Gasteiger partial charge in [-0.3, -0.25) is 9.79 Å². The van der Waals surface area contributed by atoms with Crippen LogP contribution in [0.4, 0.5) is 4.39 Å². The first-order valence-corrected chi connectivity index (χ1v) is 10.6. The van der Waals surface area contributed by atoms with Crippen molar-refractivity contribution >= 4 is 34.0 Å². The molecule has 0 radical (unpaired) electrons. The van der Waals surface area contributed by atoms with Gasteiger partial charge in [0.1, 0.15) is 5.82 Å². The number of rotatable bonds is 6. The van der Waals surface area contributed by atoms with Crippen molar-refractivity contribution in [3.8, 4) is 0 Å². The Morgan fingerprint density at radius 1 is 1.41 bits per heavy atom. The first-order valence-electron chi connectivity index (χ1n) is 8.75. The number of carbonyl (C=O) groups is 1. The van der Waals surface area contributed by atoms with Crippen LogP contribution in [0, 0.1) is 5.82 Å². The zero-order valence-electron chi connectivity index (χ0n) is 15.6. The standard InChI is InChI=1S/C20H23FN2O2S2/c1-12(25-3)17-6-7-18(27-17)16(24)11-13-4-5-15(21)14(10-13)20(2)8-9-26-19(22)23-20/h4-7,10,12H,8-9,11H2,1-3H3,(H2,22,23)/t12?,20-/m0/s1. The first kappa shape index (κ1) is 20.0. The summed E-state index contributed by atoms with van der Waals surface area (Å²) in [5.74, 6) is 0.494. The second-order valence-electron chi connectivity index (χ2n) is 6.82. The van der Waals surface area contributed by atoms with Gasteiger partial charge < -0.3 is 10.5 Å². The summed E-state index contributed by atoms with van der Waals surface area (Å²) >= 11 is 2.92. The highest BCUT2D eigenvalue weighted by Gasteiger charge is 2.32. The molecule has 1 aliphatic heterocycles. The zero-order chi connectivity index (χ0) is 19.6. The second-order valence-corrected chi connectivity index (χ2v) is 9.05. The van der Waals surface area contributed by atoms with E-state index in [9.17, 15) is 9.18 Å². The number of carbonyl (C=O) groups excluding carboxylic acids is 1. The number of amidine groups is 1. The fourth-order valence-electron chi connectivity index (χ4n) is 3.09. The van der Waals surface area contributed by atoms with Crippen LogP contribution in [0.3, 0.4) is 0 Å². The first-order chi connectivity index (χ1) is 12.8. The van der Waals surface area contributed by atoms with Gasteiger partial charge in [0.25, 0.3) is 0 Å². The molecule has 0 saturated heterocycles. The Kier molecular flexibility index (Phi) is 6.03. The lowest BCUT2D eigenvalue weighted by Crippen LogP contribution is -2.29. The molecular weight excluding hydrogens is 383 g/mol. The van der Waals surface area contributed by atoms with Crippen molar-refractivity contribution in [3.63, 3.8) is 0 Å². The van der Waals surface area contributed by atoms with E-state index in [4.69, 9.17) is 10.5 Å². The van der Waals surface area contributed by atoms with Gasteiger partial charge in [0, 0.05) is 29.7 Å². The van der Waals surface area contributed by atoms with E-state index in [1.54, 1.807) is 19.2 Å². The molecule has 0 bridgehead atoms. The van der Waals surface area contributed by atoms with Crippen molar-refractivity contribution in [1.82, 2.24) is 0 Å². The molecule has 2 aromatic rings. The molecular formula is C20H23FN2O2S2. The number of hydrogen-bond donors (Lipinski definition) is 1. The van der Waals surface area contributed by atoms with Gasteiger partial charge in [0.15, 0.2) is 11.0 Å². The predicted octanol–water partition coefficient (Wildman–Crippen LogP) is 4.69. The molecule has 0 saturated carbocycles. The molecule has 1 aromatic carbocycles. The molecule has 1 aromatic heterocycles. The number of thiophene rings is 1. The van der Waals surface area contributed by atoms with Gasteiger partial charge >= 0.3 is 0 Å². The Labute approximate surface area is 167 Å². The van der Waals surface area contributed by atoms with E-state index in [0.717, 1.165) is 16.2 Å². The predicted molar refractivity (Wildman–Crippen MR) is 110 cm³/mol. The summed E-state index contributed by atoms with van der Waals surface area (Å²) in [6.07, 6.45) is 0.885. The Bertz CT molecular complexity index is 881. The van der Waals surface area contributed by atoms with Crippen molar-refractivity contribution < 1.29 is 13.9 Å². The number of methoxy groups -OCH3 is 1. The summed E-state index contributed by atoms with van der Waals surface area (Å²) in [7, 11) is 1.64. The zero-order valence-corrected chi connectivity index (χ0v) is 17.3. The highest BCUT2D eigenvalue weighted by molar-refractivity contribution is 8.13. The van der Waals surface area contributed by atoms with Crippen LogP contribution in [0.2, 0.25) is 0 Å². The van der Waals surface area contributed by atoms with Gasteiger partial charge in [-0.05, 0) is 50.1 Å². The van der Waals surface area contributed by atoms with E-state index >= 15 is 0 Å². The van der Waals surface area contributed by atoms with Gasteiger partial charge in [-0.25, -0.2) is 4.39 Å². The molecule has 2 N–H and O–H groups in total. The molecule has 0 spiro atoms. The minimum absolute atomic E-state index is 0.0134. The Hall–Kier alpha value is -1.70. The second kappa shape index (κ2) is 8.12. The lowest BCUT2D eigenvalue weighted by atomic mass is 9.87. The SMILES string of the molecule is COC(C)c1ccc(C(=O)Cc2ccc(F)c([C@]3(C)CCSC(N)=N3)c2)s1. The van der Waals surface area contributed by atoms with Crippen LogP contribution in [-0.2, 0) is 16.7 Å². The Morgan fingerprint density at radius 2 is 2.19 bits per heavy atom. The summed E-state index contributed by atoms with van der Waals surface area (Å²) in [6.45, 7) is 3.84. The van der Waals surface area contributed by atoms with Gasteiger partial charge in [0.2, 0.25) is 0 Å². The Balaban J connectivity index is 1.83. The van der Waals surface area contributed by atoms with E-state index in [1.807, 2.05) is 26.0 Å². The van der Waals surface area contributed by atoms with Crippen LogP contribution < -0.4 is 5.73 Å². The van der Waals surface area contributed by atoms with Crippen LogP contribution in [0.25, 0.3) is 0 Å². The minimum Gasteiger partial charge on any atom is -0.379 e. The normalized spacial score (nSPS) is 21.0. The fourth-order valence-corrected chi connectivity index (χ4v) is 5.03. The number of nitrogens with zero attached hydrogens (tertiary/aromatic N) is 1. The average molecular weight is 407 g/mol. The lowest BCUT2D eigenvalue weighted by molar-refractivity contribution is 0.0996. The van der Waals surface area contributed by atoms with Crippen LogP contribution in [-0.4, -0.2) is 23.8 Å². The van der Waals surface area contributed by atoms with Crippen molar-refractivity contribution in [1.29, 1.82) is 0 Å². The number of nitrogens with two attached hydrogens (primary N) is 1. The largest absolute Gasteiger partial charge is 0.379 e. The summed E-state index contributed by atoms with van der Waals surface area (Å²) in [5, 5.41) is 0.475. The topological polar surface area (TPSA) is 64.7 Å². The molecule has 1 aliphatic rings. The summed E-state index contributed by atoms with van der Waals surface area (Å²) in [5.41, 5.74) is 6.44. The fraction of sp³-hybridized carbons (Fsp3) is 0.400. The van der Waals surface area contributed by atoms with Gasteiger partial charge in [-0.2, -0.15) is 0 Å². The van der Waals surface area contributed by atoms with Crippen molar-refractivity contribution in [3.05, 3.63) is 57.0 Å². The molecule has 4 nitrogen and oxygen atoms in total. The maximum absolute atomic E-state index is 14.5. The molecule has 0 aliphatic carbocycles. The number of hydrogen-bond acceptors (Lipinski definition) is 6. The Morgan fingerprint density at radius 3 is 2.89 bits per heavy atom. The number of ketones is 1. The number of thioether (sulfide) groups is 1. The van der Waals surface area contributed by atoms with Crippen molar-refractivity contribution in [2.45, 2.75) is 38.3 Å². The molecule has 2 heterocycles. The van der Waals surface area contributed by atoms with E-state index in [-0.39, 0.29) is 24.1 Å². The molecule has 27 heavy (non-hydrogen) atoms. The number of Topliss-reactive ketones (excluding diaryl/α,β-unsaturated/α-hetero) is 1. The van der Waals surface area contributed by atoms with Crippen LogP contribution in [0.5, 0.6) is 0 Å². The lowest BCUT2D eigenvalue weighted by Gasteiger charge is -2.30. The molecule has 3 rings (SSSR count). The quantitative estimate of drug-likeness (QED) is 0.707. The van der Waals surface area contributed by atoms with Crippen molar-refractivity contribution in [2.75, 3.05) is 12.9 Å². The molecule has 0 fully saturated rings. The molecule has 144 valence electrons. The summed E-state index contributed by atoms with van der Waals surface area (Å²) in [4.78, 5) is 18.8. The third-order valence-electron chi connectivity index (χ3n) is 4.83. The maximum Gasteiger partial charge on any atom is 0.177 e. The van der Waals surface area contributed by atoms with Gasteiger partial charge in [0.05, 0.1) is 16.5 Å². The van der Waals surface area contributed by atoms with Crippen LogP contribution >= 0.6 is 23.1 Å².